The fourth-order valence-corrected chi connectivity index (χ4v) is 2.50. The Bertz CT molecular complexity index is 998. The molecule has 1 aromatic heterocycles. The molecule has 1 heterocycles. The molecule has 0 unspecified atom stereocenters. The molecular formula is C17H15F3N4O2. The molecule has 9 heteroatoms. The summed E-state index contributed by atoms with van der Waals surface area (Å²) in [6, 6.07) is 8.09. The summed E-state index contributed by atoms with van der Waals surface area (Å²) < 4.78 is 47.8. The summed E-state index contributed by atoms with van der Waals surface area (Å²) in [6.07, 6.45) is -2.78. The molecule has 0 bridgehead atoms. The predicted octanol–water partition coefficient (Wildman–Crippen LogP) is 2.93. The monoisotopic (exact) mass is 364 g/mol. The predicted molar refractivity (Wildman–Crippen MR) is 87.0 cm³/mol. The van der Waals surface area contributed by atoms with Crippen LogP contribution in [0.5, 0.6) is 5.75 Å². The average Bonchev–Trinajstić information content (AvgIpc) is 2.94. The van der Waals surface area contributed by atoms with E-state index in [4.69, 9.17) is 4.74 Å². The number of hydrogen-bond donors (Lipinski definition) is 0. The van der Waals surface area contributed by atoms with Gasteiger partial charge in [-0.05, 0) is 35.0 Å². The third-order valence-electron chi connectivity index (χ3n) is 3.89. The van der Waals surface area contributed by atoms with Gasteiger partial charge in [-0.25, -0.2) is 18.0 Å². The van der Waals surface area contributed by atoms with E-state index in [0.717, 1.165) is 9.36 Å². The Kier molecular flexibility index (Phi) is 4.79. The number of aryl methyl sites for hydroxylation is 2. The minimum atomic E-state index is -2.78. The third-order valence-corrected chi connectivity index (χ3v) is 3.89. The van der Waals surface area contributed by atoms with Gasteiger partial charge in [-0.15, -0.1) is 0 Å². The van der Waals surface area contributed by atoms with E-state index in [1.165, 1.54) is 43.4 Å². The Balaban J connectivity index is 2.05. The van der Waals surface area contributed by atoms with Crippen molar-refractivity contribution >= 4 is 0 Å². The fourth-order valence-electron chi connectivity index (χ4n) is 2.50. The fraction of sp³-hybridized carbons (Fsp3) is 0.235. The number of aromatic nitrogens is 4. The molecule has 0 saturated heterocycles. The SMILES string of the molecule is Cc1ccc(F)cc1OCc1c(C(F)F)cccc1-n1nnn(C)c1=O. The first-order chi connectivity index (χ1) is 12.4. The molecule has 6 nitrogen and oxygen atoms in total. The number of benzene rings is 2. The lowest BCUT2D eigenvalue weighted by Crippen LogP contribution is -2.23. The van der Waals surface area contributed by atoms with Crippen molar-refractivity contribution in [2.45, 2.75) is 20.0 Å². The molecule has 0 amide bonds. The third kappa shape index (κ3) is 3.32. The van der Waals surface area contributed by atoms with Gasteiger partial charge in [0.05, 0.1) is 5.69 Å². The number of hydrogen-bond acceptors (Lipinski definition) is 4. The van der Waals surface area contributed by atoms with Crippen LogP contribution in [0.1, 0.15) is 23.1 Å². The van der Waals surface area contributed by atoms with E-state index in [-0.39, 0.29) is 29.2 Å². The number of rotatable bonds is 5. The van der Waals surface area contributed by atoms with Crippen molar-refractivity contribution in [1.29, 1.82) is 0 Å². The van der Waals surface area contributed by atoms with Gasteiger partial charge < -0.3 is 4.74 Å². The van der Waals surface area contributed by atoms with Gasteiger partial charge in [-0.2, -0.15) is 9.36 Å². The van der Waals surface area contributed by atoms with Gasteiger partial charge in [0.15, 0.2) is 0 Å². The molecule has 136 valence electrons. The highest BCUT2D eigenvalue weighted by molar-refractivity contribution is 5.46. The van der Waals surface area contributed by atoms with E-state index in [0.29, 0.717) is 5.56 Å². The average molecular weight is 364 g/mol. The second-order valence-electron chi connectivity index (χ2n) is 5.64. The molecule has 3 aromatic rings. The highest BCUT2D eigenvalue weighted by Gasteiger charge is 2.20. The van der Waals surface area contributed by atoms with E-state index in [1.807, 2.05) is 0 Å². The van der Waals surface area contributed by atoms with Crippen molar-refractivity contribution in [3.63, 3.8) is 0 Å². The standard InChI is InChI=1S/C17H15F3N4O2/c1-10-6-7-11(18)8-15(10)26-9-13-12(16(19)20)4-3-5-14(13)24-17(25)23(2)21-22-24/h3-8,16H,9H2,1-2H3. The van der Waals surface area contributed by atoms with Gasteiger partial charge in [-0.3, -0.25) is 0 Å². The maximum Gasteiger partial charge on any atom is 0.368 e. The quantitative estimate of drug-likeness (QED) is 0.698. The Morgan fingerprint density at radius 2 is 1.96 bits per heavy atom. The van der Waals surface area contributed by atoms with Crippen molar-refractivity contribution in [3.05, 3.63) is 69.4 Å². The molecule has 3 rings (SSSR count). The zero-order chi connectivity index (χ0) is 18.8. The molecule has 0 aliphatic heterocycles. The number of nitrogens with zero attached hydrogens (tertiary/aromatic N) is 4. The highest BCUT2D eigenvalue weighted by atomic mass is 19.3. The van der Waals surface area contributed by atoms with E-state index < -0.39 is 17.9 Å². The second kappa shape index (κ2) is 7.03. The normalized spacial score (nSPS) is 11.2. The molecule has 0 aliphatic rings. The van der Waals surface area contributed by atoms with Crippen molar-refractivity contribution in [3.8, 4) is 11.4 Å². The van der Waals surface area contributed by atoms with Crippen LogP contribution in [0.2, 0.25) is 0 Å². The summed E-state index contributed by atoms with van der Waals surface area (Å²) in [5, 5.41) is 7.28. The van der Waals surface area contributed by atoms with Crippen LogP contribution in [0.25, 0.3) is 5.69 Å². The Morgan fingerprint density at radius 3 is 2.62 bits per heavy atom. The summed E-state index contributed by atoms with van der Waals surface area (Å²) in [5.41, 5.74) is -0.0171. The van der Waals surface area contributed by atoms with Gasteiger partial charge in [0, 0.05) is 24.2 Å². The van der Waals surface area contributed by atoms with Crippen molar-refractivity contribution in [1.82, 2.24) is 19.8 Å². The summed E-state index contributed by atoms with van der Waals surface area (Å²) >= 11 is 0. The zero-order valence-corrected chi connectivity index (χ0v) is 14.0. The van der Waals surface area contributed by atoms with Crippen LogP contribution in [0.15, 0.2) is 41.2 Å². The van der Waals surface area contributed by atoms with Crippen LogP contribution >= 0.6 is 0 Å². The molecule has 0 saturated carbocycles. The molecular weight excluding hydrogens is 349 g/mol. The minimum Gasteiger partial charge on any atom is -0.488 e. The van der Waals surface area contributed by atoms with Gasteiger partial charge in [0.25, 0.3) is 6.43 Å². The maximum atomic E-state index is 13.5. The number of ether oxygens (including phenoxy) is 1. The summed E-state index contributed by atoms with van der Waals surface area (Å²) in [6.45, 7) is 1.42. The molecule has 26 heavy (non-hydrogen) atoms. The lowest BCUT2D eigenvalue weighted by Gasteiger charge is -2.15. The van der Waals surface area contributed by atoms with Crippen LogP contribution < -0.4 is 10.4 Å². The summed E-state index contributed by atoms with van der Waals surface area (Å²) in [7, 11) is 1.40. The van der Waals surface area contributed by atoms with E-state index >= 15 is 0 Å². The molecule has 0 fully saturated rings. The number of alkyl halides is 2. The van der Waals surface area contributed by atoms with Gasteiger partial charge >= 0.3 is 5.69 Å². The van der Waals surface area contributed by atoms with Crippen molar-refractivity contribution < 1.29 is 17.9 Å². The summed E-state index contributed by atoms with van der Waals surface area (Å²) in [5.74, 6) is -0.273. The second-order valence-corrected chi connectivity index (χ2v) is 5.64. The van der Waals surface area contributed by atoms with Crippen LogP contribution in [0.3, 0.4) is 0 Å². The van der Waals surface area contributed by atoms with Gasteiger partial charge in [0.1, 0.15) is 18.2 Å². The Hall–Kier alpha value is -3.10. The molecule has 0 N–H and O–H groups in total. The van der Waals surface area contributed by atoms with Crippen LogP contribution in [-0.2, 0) is 13.7 Å². The Morgan fingerprint density at radius 1 is 1.19 bits per heavy atom. The first-order valence-corrected chi connectivity index (χ1v) is 7.66. The lowest BCUT2D eigenvalue weighted by atomic mass is 10.1. The van der Waals surface area contributed by atoms with Crippen molar-refractivity contribution in [2.75, 3.05) is 0 Å². The molecule has 0 radical (unpaired) electrons. The molecule has 2 aromatic carbocycles. The largest absolute Gasteiger partial charge is 0.488 e. The zero-order valence-electron chi connectivity index (χ0n) is 14.0. The first kappa shape index (κ1) is 17.7. The van der Waals surface area contributed by atoms with Crippen LogP contribution in [0.4, 0.5) is 13.2 Å². The van der Waals surface area contributed by atoms with E-state index in [1.54, 1.807) is 6.92 Å². The topological polar surface area (TPSA) is 61.9 Å². The van der Waals surface area contributed by atoms with E-state index in [9.17, 15) is 18.0 Å². The Labute approximate surface area is 146 Å². The van der Waals surface area contributed by atoms with Crippen molar-refractivity contribution in [2.24, 2.45) is 7.05 Å². The lowest BCUT2D eigenvalue weighted by molar-refractivity contribution is 0.148. The minimum absolute atomic E-state index is 0.0776. The van der Waals surface area contributed by atoms with Gasteiger partial charge in [0.2, 0.25) is 0 Å². The van der Waals surface area contributed by atoms with Gasteiger partial charge in [-0.1, -0.05) is 18.2 Å². The molecule has 0 atom stereocenters. The number of halogens is 3. The van der Waals surface area contributed by atoms with Crippen LogP contribution in [0, 0.1) is 12.7 Å². The van der Waals surface area contributed by atoms with E-state index in [2.05, 4.69) is 10.4 Å². The number of tetrazole rings is 1. The first-order valence-electron chi connectivity index (χ1n) is 7.66. The highest BCUT2D eigenvalue weighted by Crippen LogP contribution is 2.29. The smallest absolute Gasteiger partial charge is 0.368 e. The maximum absolute atomic E-state index is 13.5. The summed E-state index contributed by atoms with van der Waals surface area (Å²) in [4.78, 5) is 12.1. The van der Waals surface area contributed by atoms with Crippen LogP contribution in [-0.4, -0.2) is 19.8 Å². The molecule has 0 aliphatic carbocycles. The molecule has 0 spiro atoms.